The van der Waals surface area contributed by atoms with Gasteiger partial charge in [0.2, 0.25) is 11.8 Å². The maximum Gasteiger partial charge on any atom is 0.488 e. The minimum atomic E-state index is -1.34. The maximum absolute atomic E-state index is 12.1. The molecule has 60 heavy (non-hydrogen) atoms. The Morgan fingerprint density at radius 2 is 1.13 bits per heavy atom. The zero-order valence-electron chi connectivity index (χ0n) is 33.5. The number of aromatic nitrogens is 2. The molecular formula is C46H48BBrN6O6. The summed E-state index contributed by atoms with van der Waals surface area (Å²) in [5, 5.41) is 17.2. The molecule has 2 aromatic heterocycles. The molecule has 308 valence electrons. The molecule has 0 radical (unpaired) electrons. The van der Waals surface area contributed by atoms with Gasteiger partial charge in [-0.15, -0.1) is 0 Å². The van der Waals surface area contributed by atoms with Gasteiger partial charge < -0.3 is 40.8 Å². The van der Waals surface area contributed by atoms with Crippen LogP contribution in [0.1, 0.15) is 44.7 Å². The van der Waals surface area contributed by atoms with Crippen molar-refractivity contribution < 1.29 is 29.1 Å². The van der Waals surface area contributed by atoms with Crippen molar-refractivity contribution in [3.8, 4) is 22.9 Å². The van der Waals surface area contributed by atoms with Crippen molar-refractivity contribution in [2.75, 3.05) is 36.0 Å². The molecule has 8 rings (SSSR count). The number of ether oxygens (including phenoxy) is 2. The van der Waals surface area contributed by atoms with Crippen molar-refractivity contribution in [2.24, 2.45) is 11.5 Å². The Labute approximate surface area is 359 Å². The molecule has 4 aromatic carbocycles. The summed E-state index contributed by atoms with van der Waals surface area (Å²) in [6.45, 7) is 7.02. The van der Waals surface area contributed by atoms with E-state index in [1.165, 1.54) is 0 Å². The van der Waals surface area contributed by atoms with Gasteiger partial charge in [0, 0.05) is 66.3 Å². The highest BCUT2D eigenvalue weighted by molar-refractivity contribution is 9.10. The summed E-state index contributed by atoms with van der Waals surface area (Å²) in [7, 11) is -1.34. The second-order valence-corrected chi connectivity index (χ2v) is 15.5. The first kappa shape index (κ1) is 43.4. The Morgan fingerprint density at radius 1 is 0.650 bits per heavy atom. The number of hydrogen-bond donors (Lipinski definition) is 4. The summed E-state index contributed by atoms with van der Waals surface area (Å²) in [5.41, 5.74) is 18.7. The summed E-state index contributed by atoms with van der Waals surface area (Å²) in [4.78, 5) is 36.7. The van der Waals surface area contributed by atoms with Crippen molar-refractivity contribution >= 4 is 51.7 Å². The molecule has 2 aliphatic rings. The molecule has 4 heterocycles. The van der Waals surface area contributed by atoms with Crippen LogP contribution in [0.25, 0.3) is 11.1 Å². The van der Waals surface area contributed by atoms with Gasteiger partial charge in [-0.2, -0.15) is 0 Å². The Morgan fingerprint density at radius 3 is 1.58 bits per heavy atom. The predicted molar refractivity (Wildman–Crippen MR) is 240 cm³/mol. The Kier molecular flexibility index (Phi) is 14.9. The molecule has 0 unspecified atom stereocenters. The third-order valence-electron chi connectivity index (χ3n) is 10.0. The van der Waals surface area contributed by atoms with Gasteiger partial charge in [-0.3, -0.25) is 9.59 Å². The second kappa shape index (κ2) is 20.7. The van der Waals surface area contributed by atoms with Gasteiger partial charge >= 0.3 is 7.12 Å². The molecule has 2 amide bonds. The first-order chi connectivity index (χ1) is 28.9. The summed E-state index contributed by atoms with van der Waals surface area (Å²) < 4.78 is 12.8. The van der Waals surface area contributed by atoms with Gasteiger partial charge in [0.25, 0.3) is 11.8 Å². The zero-order valence-corrected chi connectivity index (χ0v) is 35.1. The number of pyridine rings is 2. The number of rotatable bonds is 10. The number of primary amides is 2. The largest absolute Gasteiger partial charge is 0.488 e. The zero-order chi connectivity index (χ0) is 42.6. The number of carbonyl (C=O) groups excluding carboxylic acids is 2. The third-order valence-corrected chi connectivity index (χ3v) is 10.5. The molecular weight excluding hydrogens is 823 g/mol. The number of aryl methyl sites for hydroxylation is 2. The van der Waals surface area contributed by atoms with Gasteiger partial charge in [-0.05, 0) is 71.9 Å². The Hall–Kier alpha value is -6.22. The predicted octanol–water partition coefficient (Wildman–Crippen LogP) is 6.09. The second-order valence-electron chi connectivity index (χ2n) is 14.6. The lowest BCUT2D eigenvalue weighted by Crippen LogP contribution is -2.29. The van der Waals surface area contributed by atoms with Crippen LogP contribution >= 0.6 is 15.9 Å². The monoisotopic (exact) mass is 870 g/mol. The molecule has 2 aliphatic heterocycles. The number of nitrogens with zero attached hydrogens (tertiary/aromatic N) is 4. The van der Waals surface area contributed by atoms with E-state index in [1.807, 2.05) is 105 Å². The molecule has 2 fully saturated rings. The fourth-order valence-corrected chi connectivity index (χ4v) is 7.26. The number of anilines is 2. The summed E-state index contributed by atoms with van der Waals surface area (Å²) in [5.74, 6) is 0.420. The van der Waals surface area contributed by atoms with Crippen LogP contribution in [0.4, 0.5) is 11.4 Å². The van der Waals surface area contributed by atoms with Crippen molar-refractivity contribution in [2.45, 2.75) is 38.9 Å². The topological polar surface area (TPSA) is 177 Å². The van der Waals surface area contributed by atoms with Crippen LogP contribution in [0.3, 0.4) is 0 Å². The van der Waals surface area contributed by atoms with Gasteiger partial charge in [0.1, 0.15) is 12.2 Å². The van der Waals surface area contributed by atoms with E-state index >= 15 is 0 Å². The summed E-state index contributed by atoms with van der Waals surface area (Å²) in [6.07, 6.45) is 5.43. The SMILES string of the molecule is Cc1ccc(O[C@@H]2CCN(c3ccc(-c4ccccc4)cc3C(N)=O)C2)nc1.Cc1ccc(O[C@@H]2CCN(c3ccc(Br)cc3C(N)=O)C2)nc1.OB(O)c1ccccc1. The molecule has 6 N–H and O–H groups in total. The van der Waals surface area contributed by atoms with E-state index in [-0.39, 0.29) is 12.2 Å². The van der Waals surface area contributed by atoms with Crippen LogP contribution in [-0.2, 0) is 0 Å². The Balaban J connectivity index is 0.000000169. The van der Waals surface area contributed by atoms with E-state index in [4.69, 9.17) is 31.0 Å². The number of nitrogens with two attached hydrogens (primary N) is 2. The minimum absolute atomic E-state index is 0.0322. The van der Waals surface area contributed by atoms with Crippen molar-refractivity contribution in [3.63, 3.8) is 0 Å². The van der Waals surface area contributed by atoms with Crippen LogP contribution in [0.5, 0.6) is 11.8 Å². The van der Waals surface area contributed by atoms with Gasteiger partial charge in [0.15, 0.2) is 0 Å². The number of halogens is 1. The lowest BCUT2D eigenvalue weighted by atomic mass is 9.81. The molecule has 12 nitrogen and oxygen atoms in total. The molecule has 0 aliphatic carbocycles. The highest BCUT2D eigenvalue weighted by Gasteiger charge is 2.28. The summed E-state index contributed by atoms with van der Waals surface area (Å²) >= 11 is 3.38. The van der Waals surface area contributed by atoms with E-state index in [0.717, 1.165) is 64.0 Å². The molecule has 0 spiro atoms. The maximum atomic E-state index is 12.1. The number of amides is 2. The van der Waals surface area contributed by atoms with Crippen LogP contribution in [0, 0.1) is 13.8 Å². The van der Waals surface area contributed by atoms with E-state index in [9.17, 15) is 9.59 Å². The highest BCUT2D eigenvalue weighted by atomic mass is 79.9. The molecule has 2 atom stereocenters. The third kappa shape index (κ3) is 11.9. The molecule has 6 aromatic rings. The van der Waals surface area contributed by atoms with Gasteiger partial charge in [-0.25, -0.2) is 9.97 Å². The first-order valence-electron chi connectivity index (χ1n) is 19.6. The van der Waals surface area contributed by atoms with Gasteiger partial charge in [-0.1, -0.05) is 94.8 Å². The molecule has 14 heteroatoms. The van der Waals surface area contributed by atoms with Crippen molar-refractivity contribution in [1.29, 1.82) is 0 Å². The molecule has 0 bridgehead atoms. The quantitative estimate of drug-likeness (QED) is 0.118. The number of benzene rings is 4. The number of carbonyl (C=O) groups is 2. The smallest absolute Gasteiger partial charge is 0.472 e. The van der Waals surface area contributed by atoms with Crippen molar-refractivity contribution in [3.05, 3.63) is 160 Å². The van der Waals surface area contributed by atoms with Gasteiger partial charge in [0.05, 0.1) is 24.2 Å². The van der Waals surface area contributed by atoms with Crippen LogP contribution in [-0.4, -0.2) is 77.3 Å². The van der Waals surface area contributed by atoms with Crippen LogP contribution < -0.4 is 36.2 Å². The fraction of sp³-hybridized carbons (Fsp3) is 0.217. The van der Waals surface area contributed by atoms with E-state index < -0.39 is 18.9 Å². The first-order valence-corrected chi connectivity index (χ1v) is 20.4. The highest BCUT2D eigenvalue weighted by Crippen LogP contribution is 2.31. The molecule has 2 saturated heterocycles. The van der Waals surface area contributed by atoms with E-state index in [1.54, 1.807) is 42.7 Å². The van der Waals surface area contributed by atoms with Crippen LogP contribution in [0.2, 0.25) is 0 Å². The minimum Gasteiger partial charge on any atom is -0.472 e. The molecule has 0 saturated carbocycles. The lowest BCUT2D eigenvalue weighted by molar-refractivity contribution is 0.0992. The average molecular weight is 872 g/mol. The van der Waals surface area contributed by atoms with E-state index in [0.29, 0.717) is 41.4 Å². The van der Waals surface area contributed by atoms with Crippen molar-refractivity contribution in [1.82, 2.24) is 9.97 Å². The lowest BCUT2D eigenvalue weighted by Gasteiger charge is -2.22. The Bertz CT molecular complexity index is 2340. The van der Waals surface area contributed by atoms with Crippen LogP contribution in [0.15, 0.2) is 138 Å². The normalized spacial score (nSPS) is 15.6. The van der Waals surface area contributed by atoms with E-state index in [2.05, 4.69) is 35.7 Å². The fourth-order valence-electron chi connectivity index (χ4n) is 6.90. The summed E-state index contributed by atoms with van der Waals surface area (Å²) in [6, 6.07) is 37.9. The average Bonchev–Trinajstić information content (AvgIpc) is 3.93. The standard InChI is InChI=1S/C23H23N3O2.C17H18BrN3O2.C6H7BO2/c1-16-7-10-22(25-14-16)28-19-11-12-26(15-19)21-9-8-18(13-20(21)23(24)27)17-5-3-2-4-6-17;1-11-2-5-16(20-9-11)23-13-6-7-21(10-13)15-4-3-12(18)8-14(15)17(19)22;8-7(9)6-4-2-1-3-5-6/h2-10,13-14,19H,11-12,15H2,1H3,(H2,24,27);2-5,8-9,13H,6-7,10H2,1H3,(H2,19,22);1-5,8-9H/t19-;13-;/m11./s1. The number of hydrogen-bond acceptors (Lipinski definition) is 10.